The van der Waals surface area contributed by atoms with Gasteiger partial charge in [0.2, 0.25) is 27.7 Å². The molecule has 1 aromatic heterocycles. The lowest BCUT2D eigenvalue weighted by Crippen LogP contribution is -2.60. The molecule has 1 saturated carbocycles. The van der Waals surface area contributed by atoms with Crippen molar-refractivity contribution in [1.29, 1.82) is 0 Å². The van der Waals surface area contributed by atoms with Crippen LogP contribution in [0.5, 0.6) is 0 Å². The zero-order chi connectivity index (χ0) is 30.9. The van der Waals surface area contributed by atoms with E-state index in [4.69, 9.17) is 5.73 Å². The fourth-order valence-electron chi connectivity index (χ4n) is 6.36. The minimum atomic E-state index is -3.77. The molecule has 1 saturated heterocycles. The number of carbonyl (C=O) groups is 3. The van der Waals surface area contributed by atoms with Gasteiger partial charge in [-0.2, -0.15) is 0 Å². The third-order valence-electron chi connectivity index (χ3n) is 8.77. The molecule has 2 unspecified atom stereocenters. The van der Waals surface area contributed by atoms with Crippen LogP contribution in [0.1, 0.15) is 57.9 Å². The van der Waals surface area contributed by atoms with Crippen molar-refractivity contribution in [1.82, 2.24) is 19.9 Å². The largest absolute Gasteiger partial charge is 0.368 e. The van der Waals surface area contributed by atoms with E-state index in [1.807, 2.05) is 13.8 Å². The molecule has 5 N–H and O–H groups in total. The van der Waals surface area contributed by atoms with Gasteiger partial charge in [-0.3, -0.25) is 19.2 Å². The molecule has 0 radical (unpaired) electrons. The molecule has 0 bridgehead atoms. The Morgan fingerprint density at radius 1 is 1.24 bits per heavy atom. The minimum Gasteiger partial charge on any atom is -0.368 e. The molecule has 1 aromatic rings. The van der Waals surface area contributed by atoms with Gasteiger partial charge in [0.25, 0.3) is 11.5 Å². The summed E-state index contributed by atoms with van der Waals surface area (Å²) in [5.74, 6) is -5.33. The van der Waals surface area contributed by atoms with Crippen molar-refractivity contribution in [3.05, 3.63) is 33.2 Å². The van der Waals surface area contributed by atoms with Crippen LogP contribution in [-0.2, 0) is 43.7 Å². The van der Waals surface area contributed by atoms with Gasteiger partial charge in [-0.05, 0) is 40.7 Å². The first-order valence-corrected chi connectivity index (χ1v) is 15.5. The molecule has 3 aliphatic rings. The van der Waals surface area contributed by atoms with Gasteiger partial charge in [-0.15, -0.1) is 0 Å². The molecule has 1 aliphatic heterocycles. The molecule has 41 heavy (non-hydrogen) atoms. The first kappa shape index (κ1) is 31.1. The number of aryl methyl sites for hydroxylation is 1. The molecular weight excluding hydrogens is 560 g/mol. The molecule has 14 heteroatoms. The van der Waals surface area contributed by atoms with Crippen molar-refractivity contribution in [2.75, 3.05) is 12.8 Å². The predicted molar refractivity (Wildman–Crippen MR) is 146 cm³/mol. The topological polar surface area (TPSA) is 172 Å². The molecular formula is C27H39F2N5O6S. The Hall–Kier alpha value is -2.87. The van der Waals surface area contributed by atoms with Crippen LogP contribution in [0.25, 0.3) is 0 Å². The Kier molecular flexibility index (Phi) is 7.69. The highest BCUT2D eigenvalue weighted by Crippen LogP contribution is 2.65. The summed E-state index contributed by atoms with van der Waals surface area (Å²) >= 11 is 0. The van der Waals surface area contributed by atoms with Gasteiger partial charge in [0, 0.05) is 37.1 Å². The third-order valence-corrected chi connectivity index (χ3v) is 9.43. The van der Waals surface area contributed by atoms with Gasteiger partial charge in [-0.25, -0.2) is 21.9 Å². The Labute approximate surface area is 238 Å². The number of nitrogens with zero attached hydrogens (tertiary/aromatic N) is 1. The number of pyridine rings is 1. The van der Waals surface area contributed by atoms with Crippen molar-refractivity contribution < 1.29 is 31.6 Å². The molecule has 0 aromatic carbocycles. The third kappa shape index (κ3) is 6.32. The average Bonchev–Trinajstić information content (AvgIpc) is 3.13. The number of hydrogen-bond acceptors (Lipinski definition) is 6. The maximum Gasteiger partial charge on any atom is 0.252 e. The summed E-state index contributed by atoms with van der Waals surface area (Å²) in [6.45, 7) is 9.28. The van der Waals surface area contributed by atoms with Crippen LogP contribution in [0.4, 0.5) is 8.78 Å². The number of nitrogens with one attached hydrogen (secondary N) is 3. The summed E-state index contributed by atoms with van der Waals surface area (Å²) in [6.07, 6.45) is -0.280. The number of alkyl halides is 2. The molecule has 5 atom stereocenters. The number of fused-ring (bicyclic) bond motifs is 2. The molecule has 11 nitrogen and oxygen atoms in total. The van der Waals surface area contributed by atoms with Crippen LogP contribution in [0.2, 0.25) is 0 Å². The van der Waals surface area contributed by atoms with E-state index in [1.54, 1.807) is 20.8 Å². The fourth-order valence-corrected chi connectivity index (χ4v) is 7.24. The van der Waals surface area contributed by atoms with E-state index in [0.717, 1.165) is 6.26 Å². The first-order valence-electron chi connectivity index (χ1n) is 13.6. The lowest BCUT2D eigenvalue weighted by atomic mass is 9.86. The zero-order valence-corrected chi connectivity index (χ0v) is 25.0. The molecule has 2 heterocycles. The summed E-state index contributed by atoms with van der Waals surface area (Å²) in [6, 6.07) is -2.17. The lowest BCUT2D eigenvalue weighted by molar-refractivity contribution is -0.144. The summed E-state index contributed by atoms with van der Waals surface area (Å²) in [7, 11) is -3.77. The number of rotatable bonds is 8. The number of likely N-dealkylation sites (tertiary alicyclic amines) is 1. The number of hydrogen-bond donors (Lipinski definition) is 4. The smallest absolute Gasteiger partial charge is 0.252 e. The van der Waals surface area contributed by atoms with Crippen molar-refractivity contribution in [2.45, 2.75) is 84.4 Å². The number of H-pyrrole nitrogens is 1. The summed E-state index contributed by atoms with van der Waals surface area (Å²) in [4.78, 5) is 56.5. The number of sulfonamides is 1. The minimum absolute atomic E-state index is 0.0153. The Balaban J connectivity index is 1.59. The maximum atomic E-state index is 14.0. The van der Waals surface area contributed by atoms with Gasteiger partial charge >= 0.3 is 0 Å². The molecule has 2 aliphatic carbocycles. The second-order valence-corrected chi connectivity index (χ2v) is 15.2. The number of halogens is 2. The number of carbonyl (C=O) groups excluding carboxylic acids is 3. The van der Waals surface area contributed by atoms with Crippen LogP contribution < -0.4 is 21.3 Å². The first-order chi connectivity index (χ1) is 18.6. The summed E-state index contributed by atoms with van der Waals surface area (Å²) in [5, 5.41) is 2.59. The quantitative estimate of drug-likeness (QED) is 0.338. The molecule has 3 amide bonds. The van der Waals surface area contributed by atoms with Crippen LogP contribution in [-0.4, -0.2) is 72.9 Å². The Morgan fingerprint density at radius 2 is 1.88 bits per heavy atom. The Bertz CT molecular complexity index is 1430. The zero-order valence-electron chi connectivity index (χ0n) is 24.1. The monoisotopic (exact) mass is 599 g/mol. The number of aromatic nitrogens is 1. The van der Waals surface area contributed by atoms with Gasteiger partial charge < -0.3 is 20.9 Å². The standard InChI is InChI=1S/C27H39F2N5O6S/c1-25(2,3)20(33-41(6,39)40)24(38)34-12-15-18(26(15,4)5)19(34)23(37)32-17(21(30)35)10-13-9-14-11-27(28,29)8-7-16(14)31-22(13)36/h9,15,17-20,33H,7-8,10-12H2,1-6H3,(H2,30,35)(H,31,36)(H,32,37)/t15?,17?,18-,19-,20+/m0/s1. The highest BCUT2D eigenvalue weighted by Gasteiger charge is 2.69. The highest BCUT2D eigenvalue weighted by molar-refractivity contribution is 7.88. The average molecular weight is 600 g/mol. The Morgan fingerprint density at radius 3 is 2.44 bits per heavy atom. The van der Waals surface area contributed by atoms with Crippen LogP contribution in [0.3, 0.4) is 0 Å². The van der Waals surface area contributed by atoms with Crippen LogP contribution >= 0.6 is 0 Å². The van der Waals surface area contributed by atoms with Crippen LogP contribution in [0, 0.1) is 22.7 Å². The lowest BCUT2D eigenvalue weighted by Gasteiger charge is -2.37. The van der Waals surface area contributed by atoms with E-state index >= 15 is 0 Å². The van der Waals surface area contributed by atoms with E-state index in [9.17, 15) is 36.4 Å². The highest BCUT2D eigenvalue weighted by atomic mass is 32.2. The van der Waals surface area contributed by atoms with E-state index in [1.165, 1.54) is 11.0 Å². The molecule has 4 rings (SSSR count). The van der Waals surface area contributed by atoms with E-state index in [2.05, 4.69) is 15.0 Å². The van der Waals surface area contributed by atoms with E-state index < -0.39 is 69.2 Å². The van der Waals surface area contributed by atoms with Gasteiger partial charge in [0.15, 0.2) is 0 Å². The summed E-state index contributed by atoms with van der Waals surface area (Å²) in [5.41, 5.74) is 4.65. The SMILES string of the molecule is CC(C)(C)[C@H](NS(C)(=O)=O)C(=O)N1CC2[C@@H]([C@H]1C(=O)NC(Cc1cc3c([nH]c1=O)CCC(F)(F)C3)C(N)=O)C2(C)C. The van der Waals surface area contributed by atoms with Crippen molar-refractivity contribution in [3.63, 3.8) is 0 Å². The predicted octanol–water partition coefficient (Wildman–Crippen LogP) is 0.458. The molecule has 0 spiro atoms. The second-order valence-electron chi connectivity index (χ2n) is 13.4. The fraction of sp³-hybridized carbons (Fsp3) is 0.704. The van der Waals surface area contributed by atoms with Crippen molar-refractivity contribution in [2.24, 2.45) is 28.4 Å². The van der Waals surface area contributed by atoms with Gasteiger partial charge in [0.05, 0.1) is 6.26 Å². The maximum absolute atomic E-state index is 14.0. The number of amides is 3. The van der Waals surface area contributed by atoms with Crippen LogP contribution in [0.15, 0.2) is 10.9 Å². The van der Waals surface area contributed by atoms with Gasteiger partial charge in [-0.1, -0.05) is 34.6 Å². The van der Waals surface area contributed by atoms with Crippen molar-refractivity contribution >= 4 is 27.7 Å². The van der Waals surface area contributed by atoms with E-state index in [0.29, 0.717) is 5.69 Å². The number of piperidine rings is 1. The summed E-state index contributed by atoms with van der Waals surface area (Å²) < 4.78 is 54.5. The number of nitrogens with two attached hydrogens (primary N) is 1. The van der Waals surface area contributed by atoms with Crippen molar-refractivity contribution in [3.8, 4) is 0 Å². The number of aromatic amines is 1. The van der Waals surface area contributed by atoms with Gasteiger partial charge in [0.1, 0.15) is 18.1 Å². The number of primary amides is 1. The normalized spacial score (nSPS) is 26.0. The molecule has 2 fully saturated rings. The molecule has 228 valence electrons. The van der Waals surface area contributed by atoms with E-state index in [-0.39, 0.29) is 54.2 Å². The second kappa shape index (κ2) is 10.1.